The molecule has 0 spiro atoms. The Labute approximate surface area is 157 Å². The highest BCUT2D eigenvalue weighted by atomic mass is 35.5. The van der Waals surface area contributed by atoms with Crippen LogP contribution in [0.1, 0.15) is 36.5 Å². The number of methoxy groups -OCH3 is 1. The third kappa shape index (κ3) is 4.88. The third-order valence-electron chi connectivity index (χ3n) is 4.53. The summed E-state index contributed by atoms with van der Waals surface area (Å²) in [6.07, 6.45) is 1.87. The number of hydrogen-bond donors (Lipinski definition) is 1. The Kier molecular flexibility index (Phi) is 6.85. The van der Waals surface area contributed by atoms with Crippen molar-refractivity contribution < 1.29 is 24.2 Å². The van der Waals surface area contributed by atoms with E-state index in [9.17, 15) is 14.4 Å². The number of nitrogens with zero attached hydrogens (tertiary/aromatic N) is 2. The minimum Gasteiger partial charge on any atom is -0.496 e. The van der Waals surface area contributed by atoms with Gasteiger partial charge in [0.25, 0.3) is 5.91 Å². The van der Waals surface area contributed by atoms with Gasteiger partial charge in [0.1, 0.15) is 12.3 Å². The van der Waals surface area contributed by atoms with Gasteiger partial charge in [0.15, 0.2) is 0 Å². The maximum absolute atomic E-state index is 12.9. The van der Waals surface area contributed by atoms with Crippen molar-refractivity contribution in [1.82, 2.24) is 9.80 Å². The van der Waals surface area contributed by atoms with E-state index in [-0.39, 0.29) is 24.4 Å². The summed E-state index contributed by atoms with van der Waals surface area (Å²) in [7, 11) is 1.50. The Morgan fingerprint density at radius 3 is 2.65 bits per heavy atom. The second-order valence-electron chi connectivity index (χ2n) is 6.26. The SMILES string of the molecule is COc1ccc(Cl)cc1C(=O)N1CCCC(N(CC(=O)O)C(C)=O)CC1. The molecule has 7 nitrogen and oxygen atoms in total. The lowest BCUT2D eigenvalue weighted by atomic mass is 10.1. The number of likely N-dealkylation sites (tertiary alicyclic amines) is 1. The van der Waals surface area contributed by atoms with Crippen molar-refractivity contribution in [3.05, 3.63) is 28.8 Å². The van der Waals surface area contributed by atoms with E-state index in [1.54, 1.807) is 23.1 Å². The van der Waals surface area contributed by atoms with Gasteiger partial charge in [-0.05, 0) is 37.5 Å². The fourth-order valence-corrected chi connectivity index (χ4v) is 3.43. The van der Waals surface area contributed by atoms with Crippen LogP contribution in [-0.4, -0.2) is 65.5 Å². The molecular weight excluding hydrogens is 360 g/mol. The van der Waals surface area contributed by atoms with Crippen molar-refractivity contribution in [1.29, 1.82) is 0 Å². The number of carboxylic acid groups (broad SMARTS) is 1. The molecule has 1 fully saturated rings. The van der Waals surface area contributed by atoms with Crippen molar-refractivity contribution in [3.63, 3.8) is 0 Å². The van der Waals surface area contributed by atoms with E-state index in [2.05, 4.69) is 0 Å². The first-order valence-corrected chi connectivity index (χ1v) is 8.83. The van der Waals surface area contributed by atoms with Crippen LogP contribution in [0.5, 0.6) is 5.75 Å². The average molecular weight is 383 g/mol. The third-order valence-corrected chi connectivity index (χ3v) is 4.76. The van der Waals surface area contributed by atoms with Gasteiger partial charge in [-0.25, -0.2) is 0 Å². The first-order chi connectivity index (χ1) is 12.3. The van der Waals surface area contributed by atoms with Crippen molar-refractivity contribution >= 4 is 29.4 Å². The van der Waals surface area contributed by atoms with Crippen molar-refractivity contribution in [2.24, 2.45) is 0 Å². The summed E-state index contributed by atoms with van der Waals surface area (Å²) in [6, 6.07) is 4.70. The molecule has 0 bridgehead atoms. The zero-order valence-electron chi connectivity index (χ0n) is 14.9. The molecule has 1 unspecified atom stereocenters. The van der Waals surface area contributed by atoms with E-state index < -0.39 is 5.97 Å². The van der Waals surface area contributed by atoms with E-state index in [0.29, 0.717) is 48.7 Å². The normalized spacial score (nSPS) is 17.3. The highest BCUT2D eigenvalue weighted by Crippen LogP contribution is 2.26. The molecule has 0 aliphatic carbocycles. The number of rotatable bonds is 5. The van der Waals surface area contributed by atoms with Crippen LogP contribution in [0.2, 0.25) is 5.02 Å². The molecule has 1 atom stereocenters. The van der Waals surface area contributed by atoms with Gasteiger partial charge in [0.2, 0.25) is 5.91 Å². The zero-order valence-corrected chi connectivity index (χ0v) is 15.7. The molecule has 26 heavy (non-hydrogen) atoms. The molecule has 2 amide bonds. The number of aliphatic carboxylic acids is 1. The van der Waals surface area contributed by atoms with E-state index in [1.165, 1.54) is 18.9 Å². The topological polar surface area (TPSA) is 87.2 Å². The standard InChI is InChI=1S/C18H23ClN2O5/c1-12(22)21(11-17(23)24)14-4-3-8-20(9-7-14)18(25)15-10-13(19)5-6-16(15)26-2/h5-6,10,14H,3-4,7-9,11H2,1-2H3,(H,23,24). The lowest BCUT2D eigenvalue weighted by Gasteiger charge is -2.29. The fourth-order valence-electron chi connectivity index (χ4n) is 3.25. The van der Waals surface area contributed by atoms with E-state index >= 15 is 0 Å². The van der Waals surface area contributed by atoms with Gasteiger partial charge in [0, 0.05) is 31.1 Å². The van der Waals surface area contributed by atoms with Crippen LogP contribution in [-0.2, 0) is 9.59 Å². The molecule has 1 heterocycles. The maximum atomic E-state index is 12.9. The monoisotopic (exact) mass is 382 g/mol. The number of halogens is 1. The van der Waals surface area contributed by atoms with Crippen molar-refractivity contribution in [3.8, 4) is 5.75 Å². The Bertz CT molecular complexity index is 694. The minimum atomic E-state index is -1.04. The summed E-state index contributed by atoms with van der Waals surface area (Å²) < 4.78 is 5.25. The van der Waals surface area contributed by atoms with Crippen molar-refractivity contribution in [2.75, 3.05) is 26.7 Å². The molecular formula is C18H23ClN2O5. The summed E-state index contributed by atoms with van der Waals surface area (Å²) in [6.45, 7) is 2.01. The number of amides is 2. The molecule has 0 radical (unpaired) electrons. The molecule has 8 heteroatoms. The number of carboxylic acids is 1. The van der Waals surface area contributed by atoms with Crippen LogP contribution in [0.25, 0.3) is 0 Å². The minimum absolute atomic E-state index is 0.183. The van der Waals surface area contributed by atoms with Crippen LogP contribution in [0.15, 0.2) is 18.2 Å². The van der Waals surface area contributed by atoms with Gasteiger partial charge in [-0.15, -0.1) is 0 Å². The molecule has 1 aromatic carbocycles. The van der Waals surface area contributed by atoms with E-state index in [0.717, 1.165) is 0 Å². The molecule has 1 aliphatic rings. The first-order valence-electron chi connectivity index (χ1n) is 8.45. The van der Waals surface area contributed by atoms with Crippen LogP contribution in [0.4, 0.5) is 0 Å². The summed E-state index contributed by atoms with van der Waals surface area (Å²) in [5.74, 6) is -1.04. The highest BCUT2D eigenvalue weighted by molar-refractivity contribution is 6.31. The fraction of sp³-hybridized carbons (Fsp3) is 0.500. The molecule has 0 saturated carbocycles. The van der Waals surface area contributed by atoms with E-state index in [1.807, 2.05) is 0 Å². The second kappa shape index (κ2) is 8.89. The van der Waals surface area contributed by atoms with Gasteiger partial charge < -0.3 is 19.6 Å². The Hall–Kier alpha value is -2.28. The van der Waals surface area contributed by atoms with Crippen LogP contribution in [0, 0.1) is 0 Å². The molecule has 1 aromatic rings. The highest BCUT2D eigenvalue weighted by Gasteiger charge is 2.28. The largest absolute Gasteiger partial charge is 0.496 e. The number of carbonyl (C=O) groups excluding carboxylic acids is 2. The smallest absolute Gasteiger partial charge is 0.323 e. The number of benzene rings is 1. The lowest BCUT2D eigenvalue weighted by molar-refractivity contribution is -0.145. The maximum Gasteiger partial charge on any atom is 0.323 e. The lowest BCUT2D eigenvalue weighted by Crippen LogP contribution is -2.43. The van der Waals surface area contributed by atoms with Gasteiger partial charge in [0.05, 0.1) is 12.7 Å². The first kappa shape index (κ1) is 20.0. The van der Waals surface area contributed by atoms with Crippen LogP contribution < -0.4 is 4.74 Å². The van der Waals surface area contributed by atoms with Gasteiger partial charge in [-0.3, -0.25) is 14.4 Å². The van der Waals surface area contributed by atoms with Crippen molar-refractivity contribution in [2.45, 2.75) is 32.2 Å². The van der Waals surface area contributed by atoms with Gasteiger partial charge in [-0.2, -0.15) is 0 Å². The van der Waals surface area contributed by atoms with Crippen LogP contribution >= 0.6 is 11.6 Å². The quantitative estimate of drug-likeness (QED) is 0.844. The molecule has 2 rings (SSSR count). The van der Waals surface area contributed by atoms with Gasteiger partial charge in [-0.1, -0.05) is 11.6 Å². The summed E-state index contributed by atoms with van der Waals surface area (Å²) in [5, 5.41) is 9.47. The Balaban J connectivity index is 2.13. The van der Waals surface area contributed by atoms with E-state index in [4.69, 9.17) is 21.4 Å². The summed E-state index contributed by atoms with van der Waals surface area (Å²) in [5.41, 5.74) is 0.396. The van der Waals surface area contributed by atoms with Gasteiger partial charge >= 0.3 is 5.97 Å². The Morgan fingerprint density at radius 1 is 1.31 bits per heavy atom. The zero-order chi connectivity index (χ0) is 19.3. The van der Waals surface area contributed by atoms with Crippen LogP contribution in [0.3, 0.4) is 0 Å². The summed E-state index contributed by atoms with van der Waals surface area (Å²) in [4.78, 5) is 38.8. The molecule has 0 aromatic heterocycles. The average Bonchev–Trinajstić information content (AvgIpc) is 2.84. The molecule has 1 aliphatic heterocycles. The molecule has 1 N–H and O–H groups in total. The number of hydrogen-bond acceptors (Lipinski definition) is 4. The molecule has 142 valence electrons. The summed E-state index contributed by atoms with van der Waals surface area (Å²) >= 11 is 6.01. The predicted molar refractivity (Wildman–Crippen MR) is 96.6 cm³/mol. The predicted octanol–water partition coefficient (Wildman–Crippen LogP) is 2.28. The number of carbonyl (C=O) groups is 3. The molecule has 1 saturated heterocycles. The number of ether oxygens (including phenoxy) is 1. The Morgan fingerprint density at radius 2 is 2.04 bits per heavy atom. The second-order valence-corrected chi connectivity index (χ2v) is 6.70.